The van der Waals surface area contributed by atoms with Crippen LogP contribution in [0.1, 0.15) is 26.2 Å². The summed E-state index contributed by atoms with van der Waals surface area (Å²) in [5.41, 5.74) is 0.348. The Balaban J connectivity index is 1.72. The van der Waals surface area contributed by atoms with Gasteiger partial charge in [-0.1, -0.05) is 6.92 Å². The van der Waals surface area contributed by atoms with Crippen LogP contribution in [0.2, 0.25) is 0 Å². The number of carbonyl (C=O) groups excluding carboxylic acids is 1. The first kappa shape index (κ1) is 12.8. The molecule has 2 fully saturated rings. The molecule has 17 heavy (non-hydrogen) atoms. The zero-order chi connectivity index (χ0) is 12.3. The van der Waals surface area contributed by atoms with Crippen molar-refractivity contribution in [2.75, 3.05) is 33.4 Å². The van der Waals surface area contributed by atoms with Crippen LogP contribution >= 0.6 is 0 Å². The normalized spacial score (nSPS) is 30.2. The Hall–Kier alpha value is -0.610. The van der Waals surface area contributed by atoms with E-state index in [0.717, 1.165) is 32.7 Å². The lowest BCUT2D eigenvalue weighted by atomic mass is 9.96. The molecule has 4 nitrogen and oxygen atoms in total. The maximum absolute atomic E-state index is 12.0. The summed E-state index contributed by atoms with van der Waals surface area (Å²) in [6, 6.07) is 0. The Bertz CT molecular complexity index is 277. The van der Waals surface area contributed by atoms with Crippen molar-refractivity contribution in [1.82, 2.24) is 10.6 Å². The summed E-state index contributed by atoms with van der Waals surface area (Å²) in [7, 11) is 1.74. The molecule has 1 aliphatic carbocycles. The highest BCUT2D eigenvalue weighted by molar-refractivity contribution is 5.79. The molecule has 98 valence electrons. The minimum Gasteiger partial charge on any atom is -0.385 e. The van der Waals surface area contributed by atoms with Crippen molar-refractivity contribution < 1.29 is 9.53 Å². The molecule has 2 atom stereocenters. The summed E-state index contributed by atoms with van der Waals surface area (Å²) >= 11 is 0. The second-order valence-electron chi connectivity index (χ2n) is 5.70. The van der Waals surface area contributed by atoms with Crippen LogP contribution < -0.4 is 10.6 Å². The summed E-state index contributed by atoms with van der Waals surface area (Å²) in [4.78, 5) is 12.0. The fraction of sp³-hybridized carbons (Fsp3) is 0.923. The van der Waals surface area contributed by atoms with Gasteiger partial charge in [0, 0.05) is 26.8 Å². The third-order valence-corrected chi connectivity index (χ3v) is 4.29. The van der Waals surface area contributed by atoms with Gasteiger partial charge in [-0.2, -0.15) is 0 Å². The second kappa shape index (κ2) is 5.36. The summed E-state index contributed by atoms with van der Waals surface area (Å²) in [5.74, 6) is 0.851. The molecule has 1 amide bonds. The molecule has 0 aromatic heterocycles. The van der Waals surface area contributed by atoms with Gasteiger partial charge >= 0.3 is 0 Å². The van der Waals surface area contributed by atoms with Crippen LogP contribution in [0.4, 0.5) is 0 Å². The van der Waals surface area contributed by atoms with Gasteiger partial charge in [-0.25, -0.2) is 0 Å². The van der Waals surface area contributed by atoms with Gasteiger partial charge in [0.15, 0.2) is 0 Å². The fourth-order valence-corrected chi connectivity index (χ4v) is 2.58. The number of rotatable bonds is 6. The van der Waals surface area contributed by atoms with Crippen molar-refractivity contribution >= 4 is 5.91 Å². The fourth-order valence-electron chi connectivity index (χ4n) is 2.58. The van der Waals surface area contributed by atoms with E-state index in [1.165, 1.54) is 12.8 Å². The van der Waals surface area contributed by atoms with Crippen molar-refractivity contribution in [2.45, 2.75) is 26.2 Å². The molecule has 2 aliphatic rings. The maximum Gasteiger partial charge on any atom is 0.224 e. The van der Waals surface area contributed by atoms with E-state index in [1.54, 1.807) is 7.11 Å². The van der Waals surface area contributed by atoms with Gasteiger partial charge in [-0.3, -0.25) is 4.79 Å². The molecule has 1 aliphatic heterocycles. The number of hydrogen-bond acceptors (Lipinski definition) is 3. The number of carbonyl (C=O) groups is 1. The first-order valence-electron chi connectivity index (χ1n) is 6.64. The standard InChI is InChI=1S/C13H24N2O2/c1-10-7-14-8-11(10)12(16)15-9-13(3-4-13)5-6-17-2/h10-11,14H,3-9H2,1-2H3,(H,15,16)/t10-,11-/m1/s1. The monoisotopic (exact) mass is 240 g/mol. The lowest BCUT2D eigenvalue weighted by Crippen LogP contribution is -2.38. The van der Waals surface area contributed by atoms with Crippen LogP contribution in [-0.4, -0.2) is 39.3 Å². The molecule has 1 saturated heterocycles. The molecular weight excluding hydrogens is 216 g/mol. The van der Waals surface area contributed by atoms with E-state index in [-0.39, 0.29) is 11.8 Å². The zero-order valence-electron chi connectivity index (χ0n) is 10.9. The van der Waals surface area contributed by atoms with Gasteiger partial charge in [0.1, 0.15) is 0 Å². The summed E-state index contributed by atoms with van der Waals surface area (Å²) in [6.45, 7) is 5.57. The number of nitrogens with one attached hydrogen (secondary N) is 2. The van der Waals surface area contributed by atoms with Crippen molar-refractivity contribution in [3.8, 4) is 0 Å². The van der Waals surface area contributed by atoms with Gasteiger partial charge in [0.2, 0.25) is 5.91 Å². The predicted octanol–water partition coefficient (Wildman–Crippen LogP) is 0.775. The SMILES string of the molecule is COCCC1(CNC(=O)[C@@H]2CNC[C@H]2C)CC1. The summed E-state index contributed by atoms with van der Waals surface area (Å²) in [6.07, 6.45) is 3.53. The number of methoxy groups -OCH3 is 1. The Morgan fingerprint density at radius 3 is 2.76 bits per heavy atom. The molecule has 0 spiro atoms. The second-order valence-corrected chi connectivity index (χ2v) is 5.70. The van der Waals surface area contributed by atoms with Crippen LogP contribution in [0.25, 0.3) is 0 Å². The highest BCUT2D eigenvalue weighted by Gasteiger charge is 2.42. The number of amides is 1. The van der Waals surface area contributed by atoms with E-state index in [1.807, 2.05) is 0 Å². The van der Waals surface area contributed by atoms with Gasteiger partial charge in [-0.05, 0) is 37.1 Å². The quantitative estimate of drug-likeness (QED) is 0.721. The van der Waals surface area contributed by atoms with Gasteiger partial charge in [0.05, 0.1) is 5.92 Å². The van der Waals surface area contributed by atoms with E-state index < -0.39 is 0 Å². The molecule has 2 rings (SSSR count). The molecule has 0 radical (unpaired) electrons. The Kier molecular flexibility index (Phi) is 4.05. The molecule has 0 unspecified atom stereocenters. The minimum absolute atomic E-state index is 0.160. The van der Waals surface area contributed by atoms with Gasteiger partial charge < -0.3 is 15.4 Å². The summed E-state index contributed by atoms with van der Waals surface area (Å²) in [5, 5.41) is 6.40. The zero-order valence-corrected chi connectivity index (χ0v) is 10.9. The maximum atomic E-state index is 12.0. The number of hydrogen-bond donors (Lipinski definition) is 2. The highest BCUT2D eigenvalue weighted by Crippen LogP contribution is 2.48. The van der Waals surface area contributed by atoms with Crippen LogP contribution in [0.3, 0.4) is 0 Å². The first-order chi connectivity index (χ1) is 8.17. The molecule has 1 heterocycles. The van der Waals surface area contributed by atoms with E-state index >= 15 is 0 Å². The van der Waals surface area contributed by atoms with Crippen molar-refractivity contribution in [3.63, 3.8) is 0 Å². The predicted molar refractivity (Wildman–Crippen MR) is 66.7 cm³/mol. The van der Waals surface area contributed by atoms with Crippen LogP contribution in [0.5, 0.6) is 0 Å². The topological polar surface area (TPSA) is 50.4 Å². The van der Waals surface area contributed by atoms with Crippen LogP contribution in [-0.2, 0) is 9.53 Å². The summed E-state index contributed by atoms with van der Waals surface area (Å²) < 4.78 is 5.12. The highest BCUT2D eigenvalue weighted by atomic mass is 16.5. The lowest BCUT2D eigenvalue weighted by Gasteiger charge is -2.19. The average Bonchev–Trinajstić information content (AvgIpc) is 2.98. The Morgan fingerprint density at radius 2 is 2.24 bits per heavy atom. The van der Waals surface area contributed by atoms with Gasteiger partial charge in [0.25, 0.3) is 0 Å². The molecule has 0 bridgehead atoms. The minimum atomic E-state index is 0.160. The van der Waals surface area contributed by atoms with E-state index in [9.17, 15) is 4.79 Å². The molecule has 4 heteroatoms. The average molecular weight is 240 g/mol. The van der Waals surface area contributed by atoms with Crippen LogP contribution in [0, 0.1) is 17.3 Å². The first-order valence-corrected chi connectivity index (χ1v) is 6.64. The molecule has 0 aromatic carbocycles. The lowest BCUT2D eigenvalue weighted by molar-refractivity contribution is -0.125. The van der Waals surface area contributed by atoms with Crippen molar-refractivity contribution in [2.24, 2.45) is 17.3 Å². The molecular formula is C13H24N2O2. The van der Waals surface area contributed by atoms with E-state index in [4.69, 9.17) is 4.74 Å². The molecule has 2 N–H and O–H groups in total. The third kappa shape index (κ3) is 3.19. The smallest absolute Gasteiger partial charge is 0.224 e. The Labute approximate surface area is 103 Å². The van der Waals surface area contributed by atoms with Crippen molar-refractivity contribution in [3.05, 3.63) is 0 Å². The Morgan fingerprint density at radius 1 is 1.47 bits per heavy atom. The van der Waals surface area contributed by atoms with Crippen LogP contribution in [0.15, 0.2) is 0 Å². The number of ether oxygens (including phenoxy) is 1. The van der Waals surface area contributed by atoms with E-state index in [2.05, 4.69) is 17.6 Å². The molecule has 0 aromatic rings. The van der Waals surface area contributed by atoms with Gasteiger partial charge in [-0.15, -0.1) is 0 Å². The van der Waals surface area contributed by atoms with E-state index in [0.29, 0.717) is 11.3 Å². The molecule has 1 saturated carbocycles. The largest absolute Gasteiger partial charge is 0.385 e. The third-order valence-electron chi connectivity index (χ3n) is 4.29. The van der Waals surface area contributed by atoms with Crippen molar-refractivity contribution in [1.29, 1.82) is 0 Å².